The number of aromatic nitrogens is 2. The summed E-state index contributed by atoms with van der Waals surface area (Å²) in [5.74, 6) is -0.514. The smallest absolute Gasteiger partial charge is 0.406 e. The van der Waals surface area contributed by atoms with Crippen LogP contribution in [0.4, 0.5) is 0 Å². The van der Waals surface area contributed by atoms with E-state index in [2.05, 4.69) is 10.1 Å². The first-order valence-electron chi connectivity index (χ1n) is 11.9. The van der Waals surface area contributed by atoms with Gasteiger partial charge in [-0.1, -0.05) is 32.5 Å². The van der Waals surface area contributed by atoms with Crippen molar-refractivity contribution in [3.8, 4) is 0 Å². The Kier molecular flexibility index (Phi) is 11.9. The van der Waals surface area contributed by atoms with Crippen molar-refractivity contribution in [3.63, 3.8) is 0 Å². The molecule has 216 valence electrons. The number of nitrogens with one attached hydrogen (secondary N) is 2. The number of hydrogen-bond acceptors (Lipinski definition) is 12. The molecule has 1 aliphatic rings. The second-order valence-corrected chi connectivity index (χ2v) is 14.1. The molecule has 0 bridgehead atoms. The summed E-state index contributed by atoms with van der Waals surface area (Å²) in [5.41, 5.74) is -1.95. The Balaban J connectivity index is 2.11. The number of esters is 1. The van der Waals surface area contributed by atoms with Gasteiger partial charge in [0.2, 0.25) is 0 Å². The normalized spacial score (nSPS) is 24.2. The molecule has 0 aromatic carbocycles. The van der Waals surface area contributed by atoms with Crippen LogP contribution in [0.2, 0.25) is 0 Å². The Morgan fingerprint density at radius 2 is 1.87 bits per heavy atom. The number of H-pyrrole nitrogens is 1. The first kappa shape index (κ1) is 32.8. The summed E-state index contributed by atoms with van der Waals surface area (Å²) in [6.45, 7) is 9.52. The molecule has 0 aliphatic carbocycles. The molecule has 1 aromatic rings. The fourth-order valence-electron chi connectivity index (χ4n) is 3.14. The lowest BCUT2D eigenvalue weighted by atomic mass is 10.00. The van der Waals surface area contributed by atoms with E-state index in [1.54, 1.807) is 34.6 Å². The monoisotopic (exact) mass is 597 g/mol. The number of ether oxygens (including phenoxy) is 1. The fourth-order valence-corrected chi connectivity index (χ4v) is 7.09. The molecular weight excluding hydrogens is 561 g/mol. The van der Waals surface area contributed by atoms with Crippen LogP contribution < -0.4 is 16.3 Å². The molecular formula is C22H36N3O10PS2. The Labute approximate surface area is 229 Å². The Hall–Kier alpha value is -1.45. The van der Waals surface area contributed by atoms with Crippen LogP contribution in [-0.4, -0.2) is 79.4 Å². The fraction of sp³-hybridized carbons (Fsp3) is 0.727. The first-order chi connectivity index (χ1) is 17.5. The average molecular weight is 598 g/mol. The van der Waals surface area contributed by atoms with Gasteiger partial charge >= 0.3 is 19.4 Å². The van der Waals surface area contributed by atoms with Crippen molar-refractivity contribution >= 4 is 42.4 Å². The average Bonchev–Trinajstić information content (AvgIpc) is 3.08. The van der Waals surface area contributed by atoms with E-state index >= 15 is 0 Å². The van der Waals surface area contributed by atoms with Crippen molar-refractivity contribution in [2.75, 3.05) is 19.0 Å². The number of hydrogen-bond donors (Lipinski definition) is 4. The van der Waals surface area contributed by atoms with Crippen molar-refractivity contribution < 1.29 is 38.2 Å². The molecule has 0 amide bonds. The molecule has 0 saturated carbocycles. The molecule has 1 fully saturated rings. The molecule has 6 atom stereocenters. The van der Waals surface area contributed by atoms with Gasteiger partial charge in [-0.2, -0.15) is 0 Å². The summed E-state index contributed by atoms with van der Waals surface area (Å²) in [6.07, 6.45) is -1.98. The van der Waals surface area contributed by atoms with Crippen LogP contribution in [0.3, 0.4) is 0 Å². The molecule has 38 heavy (non-hydrogen) atoms. The van der Waals surface area contributed by atoms with E-state index in [9.17, 15) is 34.0 Å². The van der Waals surface area contributed by atoms with Crippen molar-refractivity contribution in [2.24, 2.45) is 5.41 Å². The van der Waals surface area contributed by atoms with Gasteiger partial charge in [-0.15, -0.1) is 11.8 Å². The lowest BCUT2D eigenvalue weighted by Crippen LogP contribution is -2.38. The molecule has 0 spiro atoms. The SMILES string of the molecule is CC(C)OC(=O)[C@H](C)N[P@@](=O)(OCCSC(=O)C(C)(C)C)OC[C@H]1S[C@@H](n2ccc(=O)[nH]c2=O)[C@H](O)[C@@H]1O. The molecule has 1 saturated heterocycles. The highest BCUT2D eigenvalue weighted by Crippen LogP contribution is 2.48. The Bertz CT molecular complexity index is 1140. The van der Waals surface area contributed by atoms with Crippen LogP contribution in [0.25, 0.3) is 0 Å². The zero-order valence-electron chi connectivity index (χ0n) is 22.1. The van der Waals surface area contributed by atoms with Crippen LogP contribution in [0.1, 0.15) is 46.9 Å². The van der Waals surface area contributed by atoms with Crippen LogP contribution >= 0.6 is 31.3 Å². The Morgan fingerprint density at radius 1 is 1.21 bits per heavy atom. The van der Waals surface area contributed by atoms with E-state index in [1.807, 2.05) is 0 Å². The maximum Gasteiger partial charge on any atom is 0.406 e. The molecule has 1 aromatic heterocycles. The van der Waals surface area contributed by atoms with Crippen molar-refractivity contribution in [2.45, 2.75) is 76.5 Å². The number of carbonyl (C=O) groups excluding carboxylic acids is 2. The van der Waals surface area contributed by atoms with Crippen molar-refractivity contribution in [3.05, 3.63) is 33.1 Å². The van der Waals surface area contributed by atoms with Crippen molar-refractivity contribution in [1.82, 2.24) is 14.6 Å². The molecule has 16 heteroatoms. The van der Waals surface area contributed by atoms with Gasteiger partial charge in [0.15, 0.2) is 5.12 Å². The highest BCUT2D eigenvalue weighted by atomic mass is 32.2. The standard InChI is InChI=1S/C22H36N3O10PS2/c1-12(2)35-19(29)13(3)24-36(32,33-9-10-37-20(30)22(4,5)6)34-11-14-16(27)17(28)18(38-14)25-8-7-15(26)23-21(25)31/h7-8,12-14,16-18,27-28H,9-11H2,1-6H3,(H,24,32)(H,23,26,31)/t13-,14+,16+,17+,18+,36+/m0/s1. The largest absolute Gasteiger partial charge is 0.462 e. The minimum absolute atomic E-state index is 0.0818. The summed E-state index contributed by atoms with van der Waals surface area (Å²) in [5, 5.41) is 21.7. The summed E-state index contributed by atoms with van der Waals surface area (Å²) in [4.78, 5) is 50.0. The maximum atomic E-state index is 13.5. The first-order valence-corrected chi connectivity index (χ1v) is 15.4. The zero-order valence-corrected chi connectivity index (χ0v) is 24.6. The van der Waals surface area contributed by atoms with Gasteiger partial charge in [-0.25, -0.2) is 14.4 Å². The van der Waals surface area contributed by atoms with Crippen LogP contribution in [0, 0.1) is 5.41 Å². The Morgan fingerprint density at radius 3 is 2.45 bits per heavy atom. The number of rotatable bonds is 12. The van der Waals surface area contributed by atoms with Gasteiger partial charge in [0, 0.05) is 23.4 Å². The minimum atomic E-state index is -4.18. The number of aliphatic hydroxyl groups excluding tert-OH is 2. The van der Waals surface area contributed by atoms with Gasteiger partial charge in [-0.3, -0.25) is 33.0 Å². The quantitative estimate of drug-likeness (QED) is 0.153. The lowest BCUT2D eigenvalue weighted by molar-refractivity contribution is -0.149. The molecule has 0 unspecified atom stereocenters. The van der Waals surface area contributed by atoms with Gasteiger partial charge in [0.1, 0.15) is 17.5 Å². The maximum absolute atomic E-state index is 13.5. The molecule has 2 rings (SSSR count). The second kappa shape index (κ2) is 13.8. The number of nitrogens with zero attached hydrogens (tertiary/aromatic N) is 1. The van der Waals surface area contributed by atoms with E-state index in [-0.39, 0.29) is 24.1 Å². The third kappa shape index (κ3) is 9.33. The molecule has 2 heterocycles. The van der Waals surface area contributed by atoms with Gasteiger partial charge in [0.25, 0.3) is 5.56 Å². The summed E-state index contributed by atoms with van der Waals surface area (Å²) >= 11 is 1.99. The lowest BCUT2D eigenvalue weighted by Gasteiger charge is -2.25. The number of carbonyl (C=O) groups is 2. The number of aromatic amines is 1. The predicted octanol–water partition coefficient (Wildman–Crippen LogP) is 1.25. The minimum Gasteiger partial charge on any atom is -0.462 e. The molecule has 0 radical (unpaired) electrons. The highest BCUT2D eigenvalue weighted by Gasteiger charge is 2.45. The molecule has 4 N–H and O–H groups in total. The van der Waals surface area contributed by atoms with E-state index in [1.165, 1.54) is 13.1 Å². The van der Waals surface area contributed by atoms with Gasteiger partial charge in [0.05, 0.1) is 30.7 Å². The van der Waals surface area contributed by atoms with E-state index in [0.717, 1.165) is 34.2 Å². The van der Waals surface area contributed by atoms with Gasteiger partial charge < -0.3 is 14.9 Å². The van der Waals surface area contributed by atoms with Crippen LogP contribution in [-0.2, 0) is 27.9 Å². The molecule has 1 aliphatic heterocycles. The summed E-state index contributed by atoms with van der Waals surface area (Å²) in [7, 11) is -4.18. The van der Waals surface area contributed by atoms with E-state index in [4.69, 9.17) is 13.8 Å². The van der Waals surface area contributed by atoms with Crippen LogP contribution in [0.15, 0.2) is 21.9 Å². The topological polar surface area (TPSA) is 186 Å². The number of thioether (sulfide) groups is 2. The van der Waals surface area contributed by atoms with Crippen LogP contribution in [0.5, 0.6) is 0 Å². The van der Waals surface area contributed by atoms with E-state index in [0.29, 0.717) is 0 Å². The summed E-state index contributed by atoms with van der Waals surface area (Å²) < 4.78 is 30.8. The zero-order chi connectivity index (χ0) is 28.8. The predicted molar refractivity (Wildman–Crippen MR) is 144 cm³/mol. The number of aliphatic hydroxyl groups is 2. The summed E-state index contributed by atoms with van der Waals surface area (Å²) in [6, 6.07) is 0.0305. The third-order valence-electron chi connectivity index (χ3n) is 5.12. The second-order valence-electron chi connectivity index (χ2n) is 9.91. The molecule has 13 nitrogen and oxygen atoms in total. The van der Waals surface area contributed by atoms with Gasteiger partial charge in [-0.05, 0) is 20.8 Å². The third-order valence-corrected chi connectivity index (χ3v) is 9.63. The van der Waals surface area contributed by atoms with Crippen molar-refractivity contribution in [1.29, 1.82) is 0 Å². The highest BCUT2D eigenvalue weighted by molar-refractivity contribution is 8.13. The van der Waals surface area contributed by atoms with E-state index < -0.39 is 65.4 Å².